The van der Waals surface area contributed by atoms with Crippen molar-refractivity contribution in [3.63, 3.8) is 0 Å². The van der Waals surface area contributed by atoms with E-state index in [4.69, 9.17) is 14.0 Å². The van der Waals surface area contributed by atoms with Gasteiger partial charge in [-0.05, 0) is 24.7 Å². The Morgan fingerprint density at radius 1 is 1.23 bits per heavy atom. The van der Waals surface area contributed by atoms with Crippen LogP contribution in [-0.2, 0) is 19.9 Å². The van der Waals surface area contributed by atoms with Crippen molar-refractivity contribution in [1.82, 2.24) is 15.0 Å². The Labute approximate surface area is 154 Å². The number of methoxy groups -OCH3 is 1. The minimum absolute atomic E-state index is 0.165. The number of rotatable bonds is 4. The summed E-state index contributed by atoms with van der Waals surface area (Å²) in [5, 5.41) is 4.22. The molecule has 1 aromatic rings. The SMILES string of the molecule is COC1(c2nc(C3CCOCC3)no2)CCN(C(=O)[C@@H]2CC2(C)C)CC1. The number of aromatic nitrogens is 2. The lowest BCUT2D eigenvalue weighted by molar-refractivity contribution is -0.141. The summed E-state index contributed by atoms with van der Waals surface area (Å²) in [5.41, 5.74) is -0.412. The third kappa shape index (κ3) is 3.16. The zero-order chi connectivity index (χ0) is 18.4. The normalized spacial score (nSPS) is 28.1. The Morgan fingerprint density at radius 3 is 2.46 bits per heavy atom. The number of ether oxygens (including phenoxy) is 2. The highest BCUT2D eigenvalue weighted by Gasteiger charge is 2.53. The van der Waals surface area contributed by atoms with Crippen LogP contribution in [0.3, 0.4) is 0 Å². The summed E-state index contributed by atoms with van der Waals surface area (Å²) >= 11 is 0. The van der Waals surface area contributed by atoms with Gasteiger partial charge in [-0.2, -0.15) is 4.98 Å². The average molecular weight is 363 g/mol. The lowest BCUT2D eigenvalue weighted by Crippen LogP contribution is -2.47. The van der Waals surface area contributed by atoms with Crippen molar-refractivity contribution < 1.29 is 18.8 Å². The third-order valence-corrected chi connectivity index (χ3v) is 6.50. The molecular weight excluding hydrogens is 334 g/mol. The van der Waals surface area contributed by atoms with E-state index < -0.39 is 5.60 Å². The van der Waals surface area contributed by atoms with Crippen molar-refractivity contribution in [3.05, 3.63) is 11.7 Å². The molecule has 0 N–H and O–H groups in total. The highest BCUT2D eigenvalue weighted by molar-refractivity contribution is 5.82. The largest absolute Gasteiger partial charge is 0.381 e. The second kappa shape index (κ2) is 6.60. The molecule has 1 saturated carbocycles. The van der Waals surface area contributed by atoms with E-state index in [-0.39, 0.29) is 17.2 Å². The molecule has 26 heavy (non-hydrogen) atoms. The average Bonchev–Trinajstić information content (AvgIpc) is 3.08. The van der Waals surface area contributed by atoms with E-state index in [1.54, 1.807) is 7.11 Å². The molecular formula is C19H29N3O4. The van der Waals surface area contributed by atoms with Crippen LogP contribution in [0.1, 0.15) is 63.6 Å². The number of carbonyl (C=O) groups excluding carboxylic acids is 1. The highest BCUT2D eigenvalue weighted by Crippen LogP contribution is 2.53. The number of hydrogen-bond donors (Lipinski definition) is 0. The van der Waals surface area contributed by atoms with Gasteiger partial charge in [-0.25, -0.2) is 0 Å². The van der Waals surface area contributed by atoms with Crippen molar-refractivity contribution in [1.29, 1.82) is 0 Å². The summed E-state index contributed by atoms with van der Waals surface area (Å²) in [5.74, 6) is 2.08. The molecule has 3 aliphatic rings. The topological polar surface area (TPSA) is 77.7 Å². The molecule has 2 aliphatic heterocycles. The van der Waals surface area contributed by atoms with Gasteiger partial charge < -0.3 is 18.9 Å². The Bertz CT molecular complexity index is 657. The molecule has 0 spiro atoms. The first-order chi connectivity index (χ1) is 12.5. The fourth-order valence-electron chi connectivity index (χ4n) is 4.24. The molecule has 3 fully saturated rings. The smallest absolute Gasteiger partial charge is 0.259 e. The van der Waals surface area contributed by atoms with Crippen LogP contribution in [0.15, 0.2) is 4.52 Å². The van der Waals surface area contributed by atoms with Gasteiger partial charge in [-0.3, -0.25) is 4.79 Å². The zero-order valence-electron chi connectivity index (χ0n) is 16.0. The van der Waals surface area contributed by atoms with Crippen molar-refractivity contribution in [3.8, 4) is 0 Å². The first kappa shape index (κ1) is 17.9. The monoisotopic (exact) mass is 363 g/mol. The molecule has 4 rings (SSSR count). The number of hydrogen-bond acceptors (Lipinski definition) is 6. The van der Waals surface area contributed by atoms with Crippen LogP contribution in [0.4, 0.5) is 0 Å². The van der Waals surface area contributed by atoms with Crippen LogP contribution in [0.5, 0.6) is 0 Å². The molecule has 0 radical (unpaired) electrons. The van der Waals surface area contributed by atoms with Crippen LogP contribution in [0, 0.1) is 11.3 Å². The van der Waals surface area contributed by atoms with Crippen molar-refractivity contribution in [2.24, 2.45) is 11.3 Å². The Morgan fingerprint density at radius 2 is 1.88 bits per heavy atom. The molecule has 1 aromatic heterocycles. The van der Waals surface area contributed by atoms with E-state index in [1.165, 1.54) is 0 Å². The van der Waals surface area contributed by atoms with Crippen LogP contribution in [0.2, 0.25) is 0 Å². The van der Waals surface area contributed by atoms with Crippen LogP contribution >= 0.6 is 0 Å². The zero-order valence-corrected chi connectivity index (χ0v) is 16.0. The highest BCUT2D eigenvalue weighted by atomic mass is 16.5. The molecule has 0 unspecified atom stereocenters. The number of piperidine rings is 1. The molecule has 7 nitrogen and oxygen atoms in total. The maximum absolute atomic E-state index is 12.6. The number of carbonyl (C=O) groups is 1. The van der Waals surface area contributed by atoms with Crippen LogP contribution in [-0.4, -0.2) is 54.4 Å². The van der Waals surface area contributed by atoms with Gasteiger partial charge in [-0.15, -0.1) is 0 Å². The van der Waals surface area contributed by atoms with Gasteiger partial charge in [0, 0.05) is 58.1 Å². The van der Waals surface area contributed by atoms with Crippen molar-refractivity contribution >= 4 is 5.91 Å². The van der Waals surface area contributed by atoms with Crippen molar-refractivity contribution in [2.45, 2.75) is 57.5 Å². The van der Waals surface area contributed by atoms with Gasteiger partial charge in [0.05, 0.1) is 0 Å². The molecule has 1 atom stereocenters. The second-order valence-corrected chi connectivity index (χ2v) is 8.61. The van der Waals surface area contributed by atoms with Crippen LogP contribution < -0.4 is 0 Å². The fourth-order valence-corrected chi connectivity index (χ4v) is 4.24. The summed E-state index contributed by atoms with van der Waals surface area (Å²) in [6, 6.07) is 0. The summed E-state index contributed by atoms with van der Waals surface area (Å²) < 4.78 is 16.9. The Kier molecular flexibility index (Phi) is 4.55. The lowest BCUT2D eigenvalue weighted by Gasteiger charge is -2.38. The van der Waals surface area contributed by atoms with Gasteiger partial charge in [-0.1, -0.05) is 19.0 Å². The Hall–Kier alpha value is -1.47. The molecule has 0 bridgehead atoms. The molecule has 1 aliphatic carbocycles. The van der Waals surface area contributed by atoms with Gasteiger partial charge in [0.1, 0.15) is 5.60 Å². The summed E-state index contributed by atoms with van der Waals surface area (Å²) in [7, 11) is 1.69. The van der Waals surface area contributed by atoms with E-state index in [0.717, 1.165) is 38.3 Å². The van der Waals surface area contributed by atoms with E-state index in [1.807, 2.05) is 4.90 Å². The van der Waals surface area contributed by atoms with E-state index in [0.29, 0.717) is 37.7 Å². The first-order valence-corrected chi connectivity index (χ1v) is 9.71. The predicted octanol–water partition coefficient (Wildman–Crippen LogP) is 2.47. The Balaban J connectivity index is 1.43. The predicted molar refractivity (Wildman–Crippen MR) is 93.5 cm³/mol. The number of amides is 1. The fraction of sp³-hybridized carbons (Fsp3) is 0.842. The minimum atomic E-state index is -0.577. The van der Waals surface area contributed by atoms with Gasteiger partial charge in [0.2, 0.25) is 5.91 Å². The van der Waals surface area contributed by atoms with E-state index >= 15 is 0 Å². The molecule has 1 amide bonds. The lowest BCUT2D eigenvalue weighted by atomic mass is 9.90. The minimum Gasteiger partial charge on any atom is -0.381 e. The summed E-state index contributed by atoms with van der Waals surface area (Å²) in [6.45, 7) is 7.17. The van der Waals surface area contributed by atoms with E-state index in [2.05, 4.69) is 24.0 Å². The van der Waals surface area contributed by atoms with E-state index in [9.17, 15) is 4.79 Å². The third-order valence-electron chi connectivity index (χ3n) is 6.50. The van der Waals surface area contributed by atoms with Gasteiger partial charge in [0.15, 0.2) is 5.82 Å². The second-order valence-electron chi connectivity index (χ2n) is 8.61. The maximum atomic E-state index is 12.6. The standard InChI is InChI=1S/C19H29N3O4/c1-18(2)12-14(18)16(23)22-8-6-19(24-3,7-9-22)17-20-15(21-26-17)13-4-10-25-11-5-13/h13-14H,4-12H2,1-3H3/t14-/m0/s1. The summed E-state index contributed by atoms with van der Waals surface area (Å²) in [6.07, 6.45) is 4.24. The molecule has 7 heteroatoms. The van der Waals surface area contributed by atoms with Crippen LogP contribution in [0.25, 0.3) is 0 Å². The van der Waals surface area contributed by atoms with Gasteiger partial charge >= 0.3 is 0 Å². The molecule has 2 saturated heterocycles. The molecule has 3 heterocycles. The maximum Gasteiger partial charge on any atom is 0.259 e. The quantitative estimate of drug-likeness (QED) is 0.818. The summed E-state index contributed by atoms with van der Waals surface area (Å²) in [4.78, 5) is 19.3. The van der Waals surface area contributed by atoms with Gasteiger partial charge in [0.25, 0.3) is 5.89 Å². The molecule has 144 valence electrons. The first-order valence-electron chi connectivity index (χ1n) is 9.71. The molecule has 0 aromatic carbocycles. The number of likely N-dealkylation sites (tertiary alicyclic amines) is 1. The number of nitrogens with zero attached hydrogens (tertiary/aromatic N) is 3. The van der Waals surface area contributed by atoms with Crippen molar-refractivity contribution in [2.75, 3.05) is 33.4 Å².